The number of anilines is 2. The molecule has 20 heavy (non-hydrogen) atoms. The lowest BCUT2D eigenvalue weighted by molar-refractivity contribution is -0.0305. The highest BCUT2D eigenvalue weighted by Gasteiger charge is 2.47. The number of nitrogen functional groups attached to an aromatic ring is 1. The molecule has 4 bridgehead atoms. The zero-order valence-electron chi connectivity index (χ0n) is 12.4. The van der Waals surface area contributed by atoms with Crippen LogP contribution in [0.2, 0.25) is 0 Å². The van der Waals surface area contributed by atoms with Crippen LogP contribution in [0.3, 0.4) is 0 Å². The maximum Gasteiger partial charge on any atom is 0.0603 e. The molecule has 0 heterocycles. The molecule has 0 saturated heterocycles. The Hall–Kier alpha value is -1.18. The Balaban J connectivity index is 1.47. The molecular formula is C18H26N2. The second-order valence-corrected chi connectivity index (χ2v) is 7.51. The molecule has 0 aromatic heterocycles. The molecule has 4 aliphatic carbocycles. The summed E-state index contributed by atoms with van der Waals surface area (Å²) < 4.78 is 0. The van der Waals surface area contributed by atoms with Gasteiger partial charge >= 0.3 is 0 Å². The first-order valence-electron chi connectivity index (χ1n) is 8.29. The van der Waals surface area contributed by atoms with Crippen molar-refractivity contribution in [2.75, 3.05) is 17.6 Å². The maximum atomic E-state index is 6.12. The predicted molar refractivity (Wildman–Crippen MR) is 84.6 cm³/mol. The molecule has 1 aromatic carbocycles. The molecule has 0 unspecified atom stereocenters. The number of hydrogen-bond donors (Lipinski definition) is 2. The topological polar surface area (TPSA) is 38.0 Å². The SMILES string of the molecule is Cc1cccc(N)c1NCC1C2CC3CC(C2)CC1C3. The van der Waals surface area contributed by atoms with Gasteiger partial charge in [-0.1, -0.05) is 12.1 Å². The molecular weight excluding hydrogens is 244 g/mol. The first-order chi connectivity index (χ1) is 9.70. The number of hydrogen-bond acceptors (Lipinski definition) is 2. The molecule has 0 aliphatic heterocycles. The molecule has 1 aromatic rings. The number of aryl methyl sites for hydroxylation is 1. The highest BCUT2D eigenvalue weighted by Crippen LogP contribution is 2.56. The van der Waals surface area contributed by atoms with Gasteiger partial charge in [0.1, 0.15) is 0 Å². The van der Waals surface area contributed by atoms with Crippen LogP contribution in [0.5, 0.6) is 0 Å². The molecule has 4 fully saturated rings. The predicted octanol–water partition coefficient (Wildman–Crippen LogP) is 4.06. The molecule has 0 atom stereocenters. The maximum absolute atomic E-state index is 6.12. The van der Waals surface area contributed by atoms with Crippen molar-refractivity contribution in [2.45, 2.75) is 39.0 Å². The molecule has 0 spiro atoms. The second kappa shape index (κ2) is 4.68. The Labute approximate surface area is 122 Å². The summed E-state index contributed by atoms with van der Waals surface area (Å²) in [4.78, 5) is 0. The van der Waals surface area contributed by atoms with Crippen molar-refractivity contribution in [3.8, 4) is 0 Å². The lowest BCUT2D eigenvalue weighted by Crippen LogP contribution is -2.47. The smallest absolute Gasteiger partial charge is 0.0603 e. The molecule has 2 heteroatoms. The number of rotatable bonds is 3. The summed E-state index contributed by atoms with van der Waals surface area (Å²) in [6.45, 7) is 3.28. The molecule has 3 N–H and O–H groups in total. The summed E-state index contributed by atoms with van der Waals surface area (Å²) in [6.07, 6.45) is 7.55. The van der Waals surface area contributed by atoms with Gasteiger partial charge in [0.05, 0.1) is 11.4 Å². The van der Waals surface area contributed by atoms with Gasteiger partial charge in [-0.3, -0.25) is 0 Å². The lowest BCUT2D eigenvalue weighted by Gasteiger charge is -2.54. The summed E-state index contributed by atoms with van der Waals surface area (Å²) >= 11 is 0. The minimum atomic E-state index is 0.891. The first-order valence-corrected chi connectivity index (χ1v) is 8.29. The van der Waals surface area contributed by atoms with E-state index in [1.807, 2.05) is 12.1 Å². The summed E-state index contributed by atoms with van der Waals surface area (Å²) in [5.74, 6) is 5.00. The third-order valence-electron chi connectivity index (χ3n) is 6.24. The average molecular weight is 270 g/mol. The van der Waals surface area contributed by atoms with Gasteiger partial charge in [0.2, 0.25) is 0 Å². The van der Waals surface area contributed by atoms with E-state index < -0.39 is 0 Å². The number of nitrogens with one attached hydrogen (secondary N) is 1. The quantitative estimate of drug-likeness (QED) is 0.813. The molecule has 108 valence electrons. The van der Waals surface area contributed by atoms with E-state index >= 15 is 0 Å². The van der Waals surface area contributed by atoms with Crippen LogP contribution in [0.15, 0.2) is 18.2 Å². The van der Waals surface area contributed by atoms with Gasteiger partial charge in [-0.25, -0.2) is 0 Å². The van der Waals surface area contributed by atoms with Crippen LogP contribution in [0, 0.1) is 36.5 Å². The zero-order chi connectivity index (χ0) is 13.7. The Bertz CT molecular complexity index is 460. The van der Waals surface area contributed by atoms with Crippen LogP contribution in [-0.4, -0.2) is 6.54 Å². The fraction of sp³-hybridized carbons (Fsp3) is 0.667. The molecule has 4 aliphatic rings. The van der Waals surface area contributed by atoms with Gasteiger partial charge in [0.15, 0.2) is 0 Å². The van der Waals surface area contributed by atoms with Crippen LogP contribution in [0.4, 0.5) is 11.4 Å². The molecule has 0 amide bonds. The van der Waals surface area contributed by atoms with Crippen molar-refractivity contribution in [2.24, 2.45) is 29.6 Å². The molecule has 0 radical (unpaired) electrons. The lowest BCUT2D eigenvalue weighted by atomic mass is 9.52. The summed E-state index contributed by atoms with van der Waals surface area (Å²) in [5, 5.41) is 3.68. The van der Waals surface area contributed by atoms with E-state index in [1.54, 1.807) is 0 Å². The van der Waals surface area contributed by atoms with E-state index in [-0.39, 0.29) is 0 Å². The van der Waals surface area contributed by atoms with Crippen LogP contribution in [0.25, 0.3) is 0 Å². The largest absolute Gasteiger partial charge is 0.397 e. The minimum absolute atomic E-state index is 0.891. The van der Waals surface area contributed by atoms with E-state index in [9.17, 15) is 0 Å². The van der Waals surface area contributed by atoms with E-state index in [1.165, 1.54) is 43.4 Å². The minimum Gasteiger partial charge on any atom is -0.397 e. The summed E-state index contributed by atoms with van der Waals surface area (Å²) in [5.41, 5.74) is 9.46. The van der Waals surface area contributed by atoms with Crippen molar-refractivity contribution in [1.82, 2.24) is 0 Å². The van der Waals surface area contributed by atoms with Crippen LogP contribution in [0.1, 0.15) is 37.7 Å². The van der Waals surface area contributed by atoms with Crippen molar-refractivity contribution in [1.29, 1.82) is 0 Å². The zero-order valence-corrected chi connectivity index (χ0v) is 12.4. The Morgan fingerprint density at radius 1 is 1.05 bits per heavy atom. The number of benzene rings is 1. The van der Waals surface area contributed by atoms with Gasteiger partial charge < -0.3 is 11.1 Å². The normalized spacial score (nSPS) is 38.1. The standard InChI is InChI=1S/C18H26N2/c1-11-3-2-4-17(19)18(11)20-10-16-14-6-12-5-13(8-14)9-15(16)7-12/h2-4,12-16,20H,5-10,19H2,1H3. The van der Waals surface area contributed by atoms with Gasteiger partial charge in [-0.05, 0) is 80.2 Å². The van der Waals surface area contributed by atoms with Gasteiger partial charge in [-0.2, -0.15) is 0 Å². The van der Waals surface area contributed by atoms with E-state index in [2.05, 4.69) is 18.3 Å². The first kappa shape index (κ1) is 12.6. The van der Waals surface area contributed by atoms with Gasteiger partial charge in [0.25, 0.3) is 0 Å². The number of para-hydroxylation sites is 1. The average Bonchev–Trinajstić information content (AvgIpc) is 2.40. The van der Waals surface area contributed by atoms with Crippen LogP contribution < -0.4 is 11.1 Å². The molecule has 5 rings (SSSR count). The van der Waals surface area contributed by atoms with E-state index in [0.717, 1.165) is 41.8 Å². The summed E-state index contributed by atoms with van der Waals surface area (Å²) in [7, 11) is 0. The van der Waals surface area contributed by atoms with E-state index in [4.69, 9.17) is 5.73 Å². The molecule has 2 nitrogen and oxygen atoms in total. The Morgan fingerprint density at radius 3 is 2.30 bits per heavy atom. The number of nitrogens with two attached hydrogens (primary N) is 1. The van der Waals surface area contributed by atoms with Crippen LogP contribution in [-0.2, 0) is 0 Å². The van der Waals surface area contributed by atoms with Crippen molar-refractivity contribution >= 4 is 11.4 Å². The monoisotopic (exact) mass is 270 g/mol. The Morgan fingerprint density at radius 2 is 1.70 bits per heavy atom. The second-order valence-electron chi connectivity index (χ2n) is 7.51. The highest BCUT2D eigenvalue weighted by molar-refractivity contribution is 5.69. The summed E-state index contributed by atoms with van der Waals surface area (Å²) in [6, 6.07) is 6.19. The van der Waals surface area contributed by atoms with Crippen molar-refractivity contribution < 1.29 is 0 Å². The molecule has 4 saturated carbocycles. The van der Waals surface area contributed by atoms with E-state index in [0.29, 0.717) is 0 Å². The third-order valence-corrected chi connectivity index (χ3v) is 6.24. The van der Waals surface area contributed by atoms with Gasteiger partial charge in [0, 0.05) is 6.54 Å². The van der Waals surface area contributed by atoms with Gasteiger partial charge in [-0.15, -0.1) is 0 Å². The van der Waals surface area contributed by atoms with Crippen molar-refractivity contribution in [3.63, 3.8) is 0 Å². The third kappa shape index (κ3) is 2.01. The highest BCUT2D eigenvalue weighted by atomic mass is 14.9. The van der Waals surface area contributed by atoms with Crippen molar-refractivity contribution in [3.05, 3.63) is 23.8 Å². The Kier molecular flexibility index (Phi) is 2.94. The fourth-order valence-corrected chi connectivity index (χ4v) is 5.52. The van der Waals surface area contributed by atoms with Crippen LogP contribution >= 0.6 is 0 Å². The fourth-order valence-electron chi connectivity index (χ4n) is 5.52.